The Kier molecular flexibility index (Phi) is 3.33. The molecule has 20 heavy (non-hydrogen) atoms. The van der Waals surface area contributed by atoms with Crippen LogP contribution >= 0.6 is 12.2 Å². The van der Waals surface area contributed by atoms with Crippen LogP contribution in [0.2, 0.25) is 0 Å². The summed E-state index contributed by atoms with van der Waals surface area (Å²) in [5, 5.41) is 1.18. The van der Waals surface area contributed by atoms with Gasteiger partial charge in [-0.25, -0.2) is 0 Å². The largest absolute Gasteiger partial charge is 0.464 e. The minimum atomic E-state index is 0.0532. The summed E-state index contributed by atoms with van der Waals surface area (Å²) in [4.78, 5) is 3.49. The third-order valence-corrected chi connectivity index (χ3v) is 4.86. The van der Waals surface area contributed by atoms with Gasteiger partial charge >= 0.3 is 0 Å². The van der Waals surface area contributed by atoms with Crippen molar-refractivity contribution in [1.82, 2.24) is 4.90 Å². The lowest BCUT2D eigenvalue weighted by molar-refractivity contribution is 0.364. The molecule has 1 atom stereocenters. The van der Waals surface area contributed by atoms with Crippen molar-refractivity contribution < 1.29 is 4.42 Å². The number of fused-ring (bicyclic) bond motifs is 1. The van der Waals surface area contributed by atoms with Gasteiger partial charge < -0.3 is 9.32 Å². The van der Waals surface area contributed by atoms with Crippen LogP contribution in [0.4, 0.5) is 0 Å². The fourth-order valence-electron chi connectivity index (χ4n) is 2.98. The Morgan fingerprint density at radius 1 is 1.30 bits per heavy atom. The highest BCUT2D eigenvalue weighted by atomic mass is 32.1. The van der Waals surface area contributed by atoms with E-state index in [0.717, 1.165) is 17.1 Å². The predicted molar refractivity (Wildman–Crippen MR) is 86.9 cm³/mol. The average Bonchev–Trinajstić information content (AvgIpc) is 3.04. The molecule has 0 bridgehead atoms. The molecule has 0 aliphatic carbocycles. The Morgan fingerprint density at radius 2 is 2.10 bits per heavy atom. The van der Waals surface area contributed by atoms with Crippen LogP contribution in [0.5, 0.6) is 0 Å². The lowest BCUT2D eigenvalue weighted by Gasteiger charge is -2.34. The highest BCUT2D eigenvalue weighted by Crippen LogP contribution is 2.37. The van der Waals surface area contributed by atoms with Gasteiger partial charge in [0.05, 0.1) is 17.3 Å². The molecule has 2 heterocycles. The molecule has 1 aliphatic heterocycles. The Hall–Kier alpha value is -1.35. The molecule has 1 aromatic carbocycles. The zero-order chi connectivity index (χ0) is 14.3. The summed E-state index contributed by atoms with van der Waals surface area (Å²) in [5.74, 6) is 0. The monoisotopic (exact) mass is 287 g/mol. The lowest BCUT2D eigenvalue weighted by atomic mass is 9.94. The quantitative estimate of drug-likeness (QED) is 0.691. The van der Waals surface area contributed by atoms with Gasteiger partial charge in [-0.3, -0.25) is 0 Å². The SMILES string of the molecule is CC(C)(C)C(=S)N1CCCC1c1ccc2occc2c1. The average molecular weight is 287 g/mol. The first-order chi connectivity index (χ1) is 9.47. The summed E-state index contributed by atoms with van der Waals surface area (Å²) >= 11 is 5.71. The second-order valence-electron chi connectivity index (χ2n) is 6.62. The molecule has 3 heteroatoms. The van der Waals surface area contributed by atoms with Crippen molar-refractivity contribution >= 4 is 28.2 Å². The van der Waals surface area contributed by atoms with Gasteiger partial charge in [0.2, 0.25) is 0 Å². The Bertz CT molecular complexity index is 638. The number of likely N-dealkylation sites (tertiary alicyclic amines) is 1. The van der Waals surface area contributed by atoms with E-state index in [1.165, 1.54) is 23.8 Å². The van der Waals surface area contributed by atoms with Gasteiger partial charge in [-0.1, -0.05) is 39.1 Å². The fourth-order valence-corrected chi connectivity index (χ4v) is 3.20. The molecule has 2 nitrogen and oxygen atoms in total. The smallest absolute Gasteiger partial charge is 0.133 e. The zero-order valence-corrected chi connectivity index (χ0v) is 13.2. The van der Waals surface area contributed by atoms with E-state index >= 15 is 0 Å². The van der Waals surface area contributed by atoms with E-state index in [2.05, 4.69) is 43.9 Å². The first-order valence-electron chi connectivity index (χ1n) is 7.25. The first kappa shape index (κ1) is 13.6. The summed E-state index contributed by atoms with van der Waals surface area (Å²) < 4.78 is 5.42. The Morgan fingerprint density at radius 3 is 2.85 bits per heavy atom. The molecular formula is C17H21NOS. The highest BCUT2D eigenvalue weighted by Gasteiger charge is 2.32. The van der Waals surface area contributed by atoms with Crippen molar-refractivity contribution in [3.8, 4) is 0 Å². The maximum Gasteiger partial charge on any atom is 0.133 e. The molecule has 0 N–H and O–H groups in total. The van der Waals surface area contributed by atoms with E-state index < -0.39 is 0 Å². The van der Waals surface area contributed by atoms with Crippen LogP contribution in [0.1, 0.15) is 45.2 Å². The first-order valence-corrected chi connectivity index (χ1v) is 7.66. The summed E-state index contributed by atoms with van der Waals surface area (Å²) in [6, 6.07) is 8.94. The van der Waals surface area contributed by atoms with Crippen LogP contribution in [0.3, 0.4) is 0 Å². The van der Waals surface area contributed by atoms with Gasteiger partial charge in [-0.15, -0.1) is 0 Å². The third-order valence-electron chi connectivity index (χ3n) is 4.02. The van der Waals surface area contributed by atoms with Gasteiger partial charge in [-0.05, 0) is 36.6 Å². The van der Waals surface area contributed by atoms with Gasteiger partial charge in [-0.2, -0.15) is 0 Å². The number of furan rings is 1. The van der Waals surface area contributed by atoms with Crippen molar-refractivity contribution in [3.63, 3.8) is 0 Å². The van der Waals surface area contributed by atoms with E-state index in [9.17, 15) is 0 Å². The van der Waals surface area contributed by atoms with E-state index in [-0.39, 0.29) is 5.41 Å². The van der Waals surface area contributed by atoms with Crippen LogP contribution in [0, 0.1) is 5.41 Å². The molecule has 0 radical (unpaired) electrons. The van der Waals surface area contributed by atoms with E-state index in [1.807, 2.05) is 6.07 Å². The second kappa shape index (κ2) is 4.88. The molecule has 3 rings (SSSR count). The summed E-state index contributed by atoms with van der Waals surface area (Å²) in [6.07, 6.45) is 4.14. The fraction of sp³-hybridized carbons (Fsp3) is 0.471. The second-order valence-corrected chi connectivity index (χ2v) is 7.01. The maximum absolute atomic E-state index is 5.71. The number of thiocarbonyl (C=S) groups is 1. The van der Waals surface area contributed by atoms with Gasteiger partial charge in [0, 0.05) is 17.3 Å². The molecule has 1 saturated heterocycles. The molecule has 0 spiro atoms. The van der Waals surface area contributed by atoms with Crippen LogP contribution in [0.15, 0.2) is 34.9 Å². The molecule has 1 fully saturated rings. The number of hydrogen-bond acceptors (Lipinski definition) is 2. The van der Waals surface area contributed by atoms with Gasteiger partial charge in [0.15, 0.2) is 0 Å². The Labute approximate surface area is 125 Å². The van der Waals surface area contributed by atoms with Crippen LogP contribution < -0.4 is 0 Å². The van der Waals surface area contributed by atoms with Crippen molar-refractivity contribution in [2.24, 2.45) is 5.41 Å². The number of rotatable bonds is 1. The number of benzene rings is 1. The van der Waals surface area contributed by atoms with Crippen LogP contribution in [-0.4, -0.2) is 16.4 Å². The molecule has 1 aromatic heterocycles. The summed E-state index contributed by atoms with van der Waals surface area (Å²) in [6.45, 7) is 7.67. The molecule has 1 unspecified atom stereocenters. The van der Waals surface area contributed by atoms with Crippen LogP contribution in [0.25, 0.3) is 11.0 Å². The van der Waals surface area contributed by atoms with Crippen molar-refractivity contribution in [3.05, 3.63) is 36.1 Å². The van der Waals surface area contributed by atoms with E-state index in [1.54, 1.807) is 6.26 Å². The van der Waals surface area contributed by atoms with Crippen molar-refractivity contribution in [1.29, 1.82) is 0 Å². The van der Waals surface area contributed by atoms with E-state index in [4.69, 9.17) is 16.6 Å². The van der Waals surface area contributed by atoms with Gasteiger partial charge in [0.25, 0.3) is 0 Å². The highest BCUT2D eigenvalue weighted by molar-refractivity contribution is 7.80. The minimum absolute atomic E-state index is 0.0532. The van der Waals surface area contributed by atoms with E-state index in [0.29, 0.717) is 6.04 Å². The minimum Gasteiger partial charge on any atom is -0.464 e. The molecule has 106 valence electrons. The summed E-state index contributed by atoms with van der Waals surface area (Å²) in [5.41, 5.74) is 2.36. The number of nitrogens with zero attached hydrogens (tertiary/aromatic N) is 1. The Balaban J connectivity index is 1.93. The predicted octanol–water partition coefficient (Wildman–Crippen LogP) is 4.94. The molecule has 1 aliphatic rings. The number of hydrogen-bond donors (Lipinski definition) is 0. The maximum atomic E-state index is 5.71. The van der Waals surface area contributed by atoms with Crippen molar-refractivity contribution in [2.75, 3.05) is 6.54 Å². The lowest BCUT2D eigenvalue weighted by Crippen LogP contribution is -2.37. The normalized spacial score (nSPS) is 19.8. The van der Waals surface area contributed by atoms with Crippen LogP contribution in [-0.2, 0) is 0 Å². The van der Waals surface area contributed by atoms with Crippen molar-refractivity contribution in [2.45, 2.75) is 39.7 Å². The third kappa shape index (κ3) is 2.35. The molecular weight excluding hydrogens is 266 g/mol. The molecule has 0 amide bonds. The standard InChI is InChI=1S/C17H21NOS/c1-17(2,3)16(20)18-9-4-5-14(18)12-6-7-15-13(11-12)8-10-19-15/h6-8,10-11,14H,4-5,9H2,1-3H3. The topological polar surface area (TPSA) is 16.4 Å². The molecule has 2 aromatic rings. The summed E-state index contributed by atoms with van der Waals surface area (Å²) in [7, 11) is 0. The zero-order valence-electron chi connectivity index (χ0n) is 12.3. The van der Waals surface area contributed by atoms with Gasteiger partial charge in [0.1, 0.15) is 5.58 Å². The molecule has 0 saturated carbocycles.